The lowest BCUT2D eigenvalue weighted by atomic mass is 10.1. The first-order valence-corrected chi connectivity index (χ1v) is 8.64. The fourth-order valence-corrected chi connectivity index (χ4v) is 3.62. The predicted octanol–water partition coefficient (Wildman–Crippen LogP) is 4.67. The van der Waals surface area contributed by atoms with E-state index in [2.05, 4.69) is 5.32 Å². The van der Waals surface area contributed by atoms with Crippen LogP contribution in [0.15, 0.2) is 42.5 Å². The number of para-hydroxylation sites is 1. The summed E-state index contributed by atoms with van der Waals surface area (Å²) in [6.45, 7) is 3.01. The predicted molar refractivity (Wildman–Crippen MR) is 96.4 cm³/mol. The molecule has 0 unspecified atom stereocenters. The van der Waals surface area contributed by atoms with E-state index >= 15 is 0 Å². The number of esters is 1. The first kappa shape index (κ1) is 18.0. The number of fused-ring (bicyclic) bond motifs is 1. The van der Waals surface area contributed by atoms with Crippen LogP contribution in [-0.4, -0.2) is 18.0 Å². The maximum atomic E-state index is 13.9. The van der Waals surface area contributed by atoms with Crippen LogP contribution in [0.3, 0.4) is 0 Å². The van der Waals surface area contributed by atoms with Crippen LogP contribution in [-0.2, 0) is 9.53 Å². The molecule has 26 heavy (non-hydrogen) atoms. The number of rotatable bonds is 4. The van der Waals surface area contributed by atoms with Crippen molar-refractivity contribution in [1.29, 1.82) is 0 Å². The van der Waals surface area contributed by atoms with Gasteiger partial charge in [0.25, 0.3) is 5.91 Å². The number of hydrogen-bond donors (Lipinski definition) is 1. The first-order chi connectivity index (χ1) is 12.4. The van der Waals surface area contributed by atoms with Gasteiger partial charge in [-0.05, 0) is 43.7 Å². The molecule has 1 atom stereocenters. The minimum Gasteiger partial charge on any atom is -0.448 e. The quantitative estimate of drug-likeness (QED) is 0.674. The van der Waals surface area contributed by atoms with Gasteiger partial charge in [-0.25, -0.2) is 13.6 Å². The van der Waals surface area contributed by atoms with Crippen LogP contribution in [0.4, 0.5) is 14.5 Å². The molecule has 4 nitrogen and oxygen atoms in total. The molecule has 0 radical (unpaired) electrons. The molecule has 0 bridgehead atoms. The van der Waals surface area contributed by atoms with Crippen molar-refractivity contribution < 1.29 is 23.1 Å². The van der Waals surface area contributed by atoms with Gasteiger partial charge in [-0.1, -0.05) is 18.2 Å². The monoisotopic (exact) mass is 375 g/mol. The minimum atomic E-state index is -1.14. The van der Waals surface area contributed by atoms with E-state index in [9.17, 15) is 18.4 Å². The summed E-state index contributed by atoms with van der Waals surface area (Å²) in [5, 5.41) is 2.74. The molecule has 0 saturated heterocycles. The van der Waals surface area contributed by atoms with Crippen LogP contribution < -0.4 is 5.32 Å². The molecule has 1 aromatic heterocycles. The standard InChI is InChI=1S/C19H15F2NO3S/c1-10-16-13(21)7-5-9-15(16)26-17(10)19(24)25-11(2)18(23)22-14-8-4-3-6-12(14)20/h3-9,11H,1-2H3,(H,22,23)/t11-/m1/s1. The number of hydrogen-bond acceptors (Lipinski definition) is 4. The molecule has 2 aromatic carbocycles. The van der Waals surface area contributed by atoms with Gasteiger partial charge < -0.3 is 10.1 Å². The number of anilines is 1. The molecule has 1 heterocycles. The molecule has 1 N–H and O–H groups in total. The Kier molecular flexibility index (Phi) is 4.99. The summed E-state index contributed by atoms with van der Waals surface area (Å²) in [6.07, 6.45) is -1.14. The minimum absolute atomic E-state index is 0.000475. The van der Waals surface area contributed by atoms with E-state index in [1.165, 1.54) is 31.2 Å². The number of halogens is 2. The van der Waals surface area contributed by atoms with Crippen LogP contribution >= 0.6 is 11.3 Å². The highest BCUT2D eigenvalue weighted by atomic mass is 32.1. The SMILES string of the molecule is Cc1c(C(=O)O[C@H](C)C(=O)Nc2ccccc2F)sc2cccc(F)c12. The third-order valence-corrected chi connectivity index (χ3v) is 5.11. The van der Waals surface area contributed by atoms with E-state index in [0.717, 1.165) is 11.3 Å². The number of nitrogens with one attached hydrogen (secondary N) is 1. The summed E-state index contributed by atoms with van der Waals surface area (Å²) in [4.78, 5) is 24.8. The Bertz CT molecular complexity index is 1000. The van der Waals surface area contributed by atoms with Gasteiger partial charge in [0.15, 0.2) is 6.10 Å². The average molecular weight is 375 g/mol. The molecule has 0 fully saturated rings. The third-order valence-electron chi connectivity index (χ3n) is 3.87. The summed E-state index contributed by atoms with van der Waals surface area (Å²) in [6, 6.07) is 10.3. The largest absolute Gasteiger partial charge is 0.448 e. The Balaban J connectivity index is 1.75. The van der Waals surface area contributed by atoms with Crippen molar-refractivity contribution in [3.8, 4) is 0 Å². The molecule has 0 aliphatic carbocycles. The molecule has 7 heteroatoms. The van der Waals surface area contributed by atoms with Gasteiger partial charge in [-0.2, -0.15) is 0 Å². The third kappa shape index (κ3) is 3.43. The number of ether oxygens (including phenoxy) is 1. The molecule has 0 saturated carbocycles. The van der Waals surface area contributed by atoms with Crippen LogP contribution in [0.5, 0.6) is 0 Å². The second-order valence-electron chi connectivity index (χ2n) is 5.69. The maximum absolute atomic E-state index is 13.9. The number of amides is 1. The summed E-state index contributed by atoms with van der Waals surface area (Å²) < 4.78 is 33.3. The first-order valence-electron chi connectivity index (χ1n) is 7.82. The van der Waals surface area contributed by atoms with E-state index in [1.807, 2.05) is 0 Å². The van der Waals surface area contributed by atoms with Crippen molar-refractivity contribution >= 4 is 39.0 Å². The Morgan fingerprint density at radius 1 is 1.08 bits per heavy atom. The maximum Gasteiger partial charge on any atom is 0.349 e. The highest BCUT2D eigenvalue weighted by Gasteiger charge is 2.24. The number of carbonyl (C=O) groups is 2. The van der Waals surface area contributed by atoms with Crippen molar-refractivity contribution in [2.24, 2.45) is 0 Å². The van der Waals surface area contributed by atoms with E-state index in [-0.39, 0.29) is 10.6 Å². The van der Waals surface area contributed by atoms with Crippen molar-refractivity contribution in [1.82, 2.24) is 0 Å². The van der Waals surface area contributed by atoms with Crippen molar-refractivity contribution in [3.05, 3.63) is 64.5 Å². The molecular weight excluding hydrogens is 360 g/mol. The number of carbonyl (C=O) groups excluding carboxylic acids is 2. The van der Waals surface area contributed by atoms with Crippen LogP contribution in [0, 0.1) is 18.6 Å². The van der Waals surface area contributed by atoms with E-state index < -0.39 is 29.6 Å². The summed E-state index contributed by atoms with van der Waals surface area (Å²) >= 11 is 1.10. The normalized spacial score (nSPS) is 12.0. The highest BCUT2D eigenvalue weighted by molar-refractivity contribution is 7.21. The molecule has 1 amide bonds. The van der Waals surface area contributed by atoms with Crippen LogP contribution in [0.1, 0.15) is 22.2 Å². The van der Waals surface area contributed by atoms with Gasteiger partial charge in [-0.3, -0.25) is 4.79 Å². The summed E-state index contributed by atoms with van der Waals surface area (Å²) in [5.41, 5.74) is 0.468. The zero-order valence-corrected chi connectivity index (χ0v) is 14.8. The van der Waals surface area contributed by atoms with E-state index in [4.69, 9.17) is 4.74 Å². The molecular formula is C19H15F2NO3S. The van der Waals surface area contributed by atoms with Crippen molar-refractivity contribution in [2.45, 2.75) is 20.0 Å². The lowest BCUT2D eigenvalue weighted by molar-refractivity contribution is -0.123. The Labute approximate surface area is 152 Å². The lowest BCUT2D eigenvalue weighted by Crippen LogP contribution is -2.30. The average Bonchev–Trinajstić information content (AvgIpc) is 2.95. The second kappa shape index (κ2) is 7.21. The molecule has 134 valence electrons. The van der Waals surface area contributed by atoms with Crippen LogP contribution in [0.2, 0.25) is 0 Å². The van der Waals surface area contributed by atoms with Crippen LogP contribution in [0.25, 0.3) is 10.1 Å². The van der Waals surface area contributed by atoms with Gasteiger partial charge in [0.2, 0.25) is 0 Å². The summed E-state index contributed by atoms with van der Waals surface area (Å²) in [7, 11) is 0. The fourth-order valence-electron chi connectivity index (χ4n) is 2.51. The highest BCUT2D eigenvalue weighted by Crippen LogP contribution is 2.33. The topological polar surface area (TPSA) is 55.4 Å². The molecule has 0 aliphatic heterocycles. The molecule has 3 aromatic rings. The zero-order chi connectivity index (χ0) is 18.8. The molecule has 0 aliphatic rings. The number of benzene rings is 2. The number of aryl methyl sites for hydroxylation is 1. The van der Waals surface area contributed by atoms with E-state index in [1.54, 1.807) is 25.1 Å². The zero-order valence-electron chi connectivity index (χ0n) is 14.0. The Hall–Kier alpha value is -2.80. The van der Waals surface area contributed by atoms with Crippen molar-refractivity contribution in [2.75, 3.05) is 5.32 Å². The van der Waals surface area contributed by atoms with Gasteiger partial charge in [0.1, 0.15) is 16.5 Å². The van der Waals surface area contributed by atoms with E-state index in [0.29, 0.717) is 15.6 Å². The smallest absolute Gasteiger partial charge is 0.349 e. The second-order valence-corrected chi connectivity index (χ2v) is 6.74. The van der Waals surface area contributed by atoms with Gasteiger partial charge >= 0.3 is 5.97 Å². The van der Waals surface area contributed by atoms with Gasteiger partial charge in [0, 0.05) is 10.1 Å². The lowest BCUT2D eigenvalue weighted by Gasteiger charge is -2.13. The fraction of sp³-hybridized carbons (Fsp3) is 0.158. The Morgan fingerprint density at radius 2 is 1.77 bits per heavy atom. The number of thiophene rings is 1. The molecule has 0 spiro atoms. The summed E-state index contributed by atoms with van der Waals surface area (Å²) in [5.74, 6) is -2.39. The molecule has 3 rings (SSSR count). The van der Waals surface area contributed by atoms with Gasteiger partial charge in [-0.15, -0.1) is 11.3 Å². The van der Waals surface area contributed by atoms with Gasteiger partial charge in [0.05, 0.1) is 5.69 Å². The van der Waals surface area contributed by atoms with Crippen molar-refractivity contribution in [3.63, 3.8) is 0 Å². The Morgan fingerprint density at radius 3 is 2.46 bits per heavy atom.